The molecule has 6 heteroatoms. The lowest BCUT2D eigenvalue weighted by atomic mass is 10.1. The van der Waals surface area contributed by atoms with Crippen LogP contribution in [0.4, 0.5) is 0 Å². The second kappa shape index (κ2) is 7.37. The number of hydrogen-bond donors (Lipinski definition) is 0. The Balaban J connectivity index is 1.50. The van der Waals surface area contributed by atoms with E-state index < -0.39 is 9.84 Å². The van der Waals surface area contributed by atoms with Crippen molar-refractivity contribution in [2.45, 2.75) is 29.8 Å². The molecule has 0 atom stereocenters. The van der Waals surface area contributed by atoms with E-state index in [1.807, 2.05) is 12.1 Å². The molecule has 0 unspecified atom stereocenters. The van der Waals surface area contributed by atoms with E-state index in [9.17, 15) is 13.2 Å². The maximum Gasteiger partial charge on any atom is 0.206 e. The molecule has 142 valence electrons. The molecule has 1 aliphatic heterocycles. The zero-order valence-electron chi connectivity index (χ0n) is 15.3. The topological polar surface area (TPSA) is 54.5 Å². The average Bonchev–Trinajstić information content (AvgIpc) is 3.16. The van der Waals surface area contributed by atoms with E-state index in [0.717, 1.165) is 18.7 Å². The molecule has 4 rings (SSSR count). The summed E-state index contributed by atoms with van der Waals surface area (Å²) in [6, 6.07) is 15.2. The number of fused-ring (bicyclic) bond motifs is 1. The lowest BCUT2D eigenvalue weighted by molar-refractivity contribution is 0.101. The molecule has 0 saturated carbocycles. The molecule has 1 aromatic heterocycles. The van der Waals surface area contributed by atoms with Gasteiger partial charge in [-0.3, -0.25) is 4.79 Å². The van der Waals surface area contributed by atoms with Crippen LogP contribution in [0.3, 0.4) is 0 Å². The van der Waals surface area contributed by atoms with Gasteiger partial charge in [0, 0.05) is 23.2 Å². The Hall–Kier alpha value is -2.70. The normalized spacial score (nSPS) is 13.4. The first-order chi connectivity index (χ1) is 13.4. The highest BCUT2D eigenvalue weighted by atomic mass is 32.2. The molecular formula is C22H19NO3S2. The van der Waals surface area contributed by atoms with Crippen LogP contribution in [0, 0.1) is 0 Å². The minimum atomic E-state index is -3.60. The van der Waals surface area contributed by atoms with Crippen LogP contribution in [0.2, 0.25) is 0 Å². The lowest BCUT2D eigenvalue weighted by Gasteiger charge is -2.23. The van der Waals surface area contributed by atoms with Crippen molar-refractivity contribution < 1.29 is 13.2 Å². The number of hydrogen-bond acceptors (Lipinski definition) is 5. The van der Waals surface area contributed by atoms with Gasteiger partial charge < -0.3 is 4.90 Å². The van der Waals surface area contributed by atoms with Gasteiger partial charge in [-0.25, -0.2) is 8.42 Å². The minimum Gasteiger partial charge on any atom is -0.368 e. The van der Waals surface area contributed by atoms with Crippen molar-refractivity contribution in [3.05, 3.63) is 87.7 Å². The molecular weight excluding hydrogens is 390 g/mol. The second-order valence-electron chi connectivity index (χ2n) is 6.75. The molecule has 0 amide bonds. The summed E-state index contributed by atoms with van der Waals surface area (Å²) in [5, 5.41) is 2.10. The number of Topliss-reactive ketones (excluding diaryl/α,β-unsaturated/α-hetero) is 1. The van der Waals surface area contributed by atoms with E-state index in [2.05, 4.69) is 28.6 Å². The standard InChI is InChI=1S/C22H19NO3S2/c1-16(24)18-4-8-21(9-5-18)28(25,26)20-6-2-17(3-7-20)14-23-12-10-19-11-13-27-22(19)15-23/h2-13H,14-15H2,1H3. The highest BCUT2D eigenvalue weighted by molar-refractivity contribution is 7.91. The highest BCUT2D eigenvalue weighted by Gasteiger charge is 2.18. The molecule has 2 heterocycles. The van der Waals surface area contributed by atoms with Gasteiger partial charge in [-0.1, -0.05) is 24.3 Å². The van der Waals surface area contributed by atoms with Gasteiger partial charge in [0.25, 0.3) is 0 Å². The Morgan fingerprint density at radius 1 is 1.00 bits per heavy atom. The molecule has 0 radical (unpaired) electrons. The number of thiophene rings is 1. The maximum absolute atomic E-state index is 12.8. The predicted molar refractivity (Wildman–Crippen MR) is 111 cm³/mol. The van der Waals surface area contributed by atoms with Crippen LogP contribution in [-0.4, -0.2) is 19.1 Å². The van der Waals surface area contributed by atoms with Crippen LogP contribution < -0.4 is 0 Å². The highest BCUT2D eigenvalue weighted by Crippen LogP contribution is 2.26. The van der Waals surface area contributed by atoms with Crippen LogP contribution in [0.15, 0.2) is 76.0 Å². The molecule has 28 heavy (non-hydrogen) atoms. The van der Waals surface area contributed by atoms with Crippen molar-refractivity contribution in [1.29, 1.82) is 0 Å². The summed E-state index contributed by atoms with van der Waals surface area (Å²) in [6.07, 6.45) is 4.19. The van der Waals surface area contributed by atoms with E-state index >= 15 is 0 Å². The van der Waals surface area contributed by atoms with E-state index in [1.165, 1.54) is 29.5 Å². The Labute approximate surface area is 168 Å². The van der Waals surface area contributed by atoms with Gasteiger partial charge in [0.2, 0.25) is 9.84 Å². The fourth-order valence-corrected chi connectivity index (χ4v) is 5.32. The Bertz CT molecular complexity index is 1140. The summed E-state index contributed by atoms with van der Waals surface area (Å²) in [4.78, 5) is 15.4. The zero-order chi connectivity index (χ0) is 19.7. The second-order valence-corrected chi connectivity index (χ2v) is 9.70. The van der Waals surface area contributed by atoms with E-state index in [1.54, 1.807) is 35.6 Å². The third kappa shape index (κ3) is 3.66. The van der Waals surface area contributed by atoms with Gasteiger partial charge in [0.05, 0.1) is 16.3 Å². The number of nitrogens with zero attached hydrogens (tertiary/aromatic N) is 1. The summed E-state index contributed by atoms with van der Waals surface area (Å²) in [5.41, 5.74) is 2.83. The maximum atomic E-state index is 12.8. The molecule has 0 fully saturated rings. The Morgan fingerprint density at radius 2 is 1.64 bits per heavy atom. The summed E-state index contributed by atoms with van der Waals surface area (Å²) in [5.74, 6) is -0.0882. The molecule has 0 bridgehead atoms. The quantitative estimate of drug-likeness (QED) is 0.570. The molecule has 0 spiro atoms. The lowest BCUT2D eigenvalue weighted by Crippen LogP contribution is -2.18. The molecule has 4 nitrogen and oxygen atoms in total. The summed E-state index contributed by atoms with van der Waals surface area (Å²) in [7, 11) is -3.60. The Kier molecular flexibility index (Phi) is 4.91. The first kappa shape index (κ1) is 18.7. The number of rotatable bonds is 5. The van der Waals surface area contributed by atoms with Crippen molar-refractivity contribution in [3.8, 4) is 0 Å². The van der Waals surface area contributed by atoms with Crippen LogP contribution in [0.5, 0.6) is 0 Å². The predicted octanol–water partition coefficient (Wildman–Crippen LogP) is 4.77. The fraction of sp³-hybridized carbons (Fsp3) is 0.136. The number of carbonyl (C=O) groups excluding carboxylic acids is 1. The minimum absolute atomic E-state index is 0.0882. The number of ketones is 1. The molecule has 1 aliphatic rings. The van der Waals surface area contributed by atoms with E-state index in [0.29, 0.717) is 5.56 Å². The van der Waals surface area contributed by atoms with Crippen LogP contribution in [-0.2, 0) is 22.9 Å². The van der Waals surface area contributed by atoms with Gasteiger partial charge in [0.1, 0.15) is 0 Å². The monoisotopic (exact) mass is 409 g/mol. The summed E-state index contributed by atoms with van der Waals surface area (Å²) >= 11 is 1.75. The van der Waals surface area contributed by atoms with Crippen LogP contribution in [0.25, 0.3) is 6.08 Å². The van der Waals surface area contributed by atoms with Gasteiger partial charge >= 0.3 is 0 Å². The van der Waals surface area contributed by atoms with Gasteiger partial charge in [-0.15, -0.1) is 11.3 Å². The van der Waals surface area contributed by atoms with Crippen molar-refractivity contribution in [3.63, 3.8) is 0 Å². The molecule has 0 saturated heterocycles. The van der Waals surface area contributed by atoms with E-state index in [-0.39, 0.29) is 15.6 Å². The zero-order valence-corrected chi connectivity index (χ0v) is 17.0. The summed E-state index contributed by atoms with van der Waals surface area (Å²) < 4.78 is 25.6. The van der Waals surface area contributed by atoms with Gasteiger partial charge in [0.15, 0.2) is 5.78 Å². The first-order valence-electron chi connectivity index (χ1n) is 8.87. The van der Waals surface area contributed by atoms with Crippen molar-refractivity contribution in [1.82, 2.24) is 4.90 Å². The van der Waals surface area contributed by atoms with Crippen LogP contribution >= 0.6 is 11.3 Å². The SMILES string of the molecule is CC(=O)c1ccc(S(=O)(=O)c2ccc(CN3C=Cc4ccsc4C3)cc2)cc1. The number of sulfone groups is 1. The molecule has 0 aliphatic carbocycles. The number of benzene rings is 2. The largest absolute Gasteiger partial charge is 0.368 e. The fourth-order valence-electron chi connectivity index (χ4n) is 3.17. The number of carbonyl (C=O) groups is 1. The third-order valence-electron chi connectivity index (χ3n) is 4.78. The first-order valence-corrected chi connectivity index (χ1v) is 11.2. The molecule has 2 aromatic carbocycles. The van der Waals surface area contributed by atoms with Crippen LogP contribution in [0.1, 0.15) is 33.3 Å². The molecule has 0 N–H and O–H groups in total. The van der Waals surface area contributed by atoms with E-state index in [4.69, 9.17) is 0 Å². The van der Waals surface area contributed by atoms with Crippen molar-refractivity contribution in [2.75, 3.05) is 0 Å². The third-order valence-corrected chi connectivity index (χ3v) is 7.49. The smallest absolute Gasteiger partial charge is 0.206 e. The molecule has 3 aromatic rings. The van der Waals surface area contributed by atoms with Crippen molar-refractivity contribution >= 4 is 33.0 Å². The summed E-state index contributed by atoms with van der Waals surface area (Å²) in [6.45, 7) is 3.05. The Morgan fingerprint density at radius 3 is 2.29 bits per heavy atom. The van der Waals surface area contributed by atoms with Crippen molar-refractivity contribution in [2.24, 2.45) is 0 Å². The van der Waals surface area contributed by atoms with Gasteiger partial charge in [-0.05, 0) is 59.8 Å². The average molecular weight is 410 g/mol. The van der Waals surface area contributed by atoms with Gasteiger partial charge in [-0.2, -0.15) is 0 Å².